The summed E-state index contributed by atoms with van der Waals surface area (Å²) in [6.45, 7) is 11.5. The van der Waals surface area contributed by atoms with E-state index in [0.717, 1.165) is 23.4 Å². The number of aryl methyl sites for hydroxylation is 1. The average Bonchev–Trinajstić information content (AvgIpc) is 2.34. The minimum atomic E-state index is 0.0363. The fourth-order valence-electron chi connectivity index (χ4n) is 1.38. The molecule has 0 unspecified atom stereocenters. The second-order valence-electron chi connectivity index (χ2n) is 5.82. The van der Waals surface area contributed by atoms with Gasteiger partial charge in [0, 0.05) is 24.6 Å². The van der Waals surface area contributed by atoms with Gasteiger partial charge >= 0.3 is 0 Å². The van der Waals surface area contributed by atoms with Crippen molar-refractivity contribution in [1.29, 1.82) is 0 Å². The third-order valence-electron chi connectivity index (χ3n) is 2.67. The second kappa shape index (κ2) is 6.43. The smallest absolute Gasteiger partial charge is 0.0909 e. The molecular formula is C17H24N2. The number of rotatable bonds is 3. The van der Waals surface area contributed by atoms with Crippen molar-refractivity contribution in [2.24, 2.45) is 10.4 Å². The van der Waals surface area contributed by atoms with Crippen LogP contribution in [0.1, 0.15) is 38.8 Å². The lowest BCUT2D eigenvalue weighted by Gasteiger charge is -2.09. The number of hydrogen-bond donors (Lipinski definition) is 0. The van der Waals surface area contributed by atoms with Crippen molar-refractivity contribution in [1.82, 2.24) is 4.90 Å². The molecule has 1 aromatic carbocycles. The molecule has 0 aliphatic heterocycles. The first kappa shape index (κ1) is 15.3. The molecule has 0 aliphatic rings. The molecule has 0 N–H and O–H groups in total. The van der Waals surface area contributed by atoms with E-state index < -0.39 is 0 Å². The van der Waals surface area contributed by atoms with Gasteiger partial charge in [0.1, 0.15) is 0 Å². The van der Waals surface area contributed by atoms with E-state index in [1.165, 1.54) is 0 Å². The molecule has 0 aliphatic carbocycles. The molecule has 2 nitrogen and oxygen atoms in total. The Morgan fingerprint density at radius 3 is 2.53 bits per heavy atom. The Hall–Kier alpha value is -1.75. The number of aliphatic imine (C=N–C) groups is 1. The van der Waals surface area contributed by atoms with E-state index in [0.29, 0.717) is 0 Å². The van der Waals surface area contributed by atoms with Crippen molar-refractivity contribution >= 4 is 12.0 Å². The molecule has 1 aromatic rings. The molecule has 19 heavy (non-hydrogen) atoms. The summed E-state index contributed by atoms with van der Waals surface area (Å²) in [4.78, 5) is 6.53. The molecule has 0 radical (unpaired) electrons. The Morgan fingerprint density at radius 1 is 1.32 bits per heavy atom. The van der Waals surface area contributed by atoms with Crippen LogP contribution in [0.15, 0.2) is 23.2 Å². The first-order chi connectivity index (χ1) is 8.81. The lowest BCUT2D eigenvalue weighted by molar-refractivity contribution is 0.552. The van der Waals surface area contributed by atoms with Crippen LogP contribution in [0.2, 0.25) is 0 Å². The maximum Gasteiger partial charge on any atom is 0.0909 e. The molecule has 0 bridgehead atoms. The van der Waals surface area contributed by atoms with Gasteiger partial charge in [-0.15, -0.1) is 0 Å². The number of nitrogens with zero attached hydrogens (tertiary/aromatic N) is 2. The highest BCUT2D eigenvalue weighted by atomic mass is 15.1. The van der Waals surface area contributed by atoms with Gasteiger partial charge in [0.05, 0.1) is 12.0 Å². The van der Waals surface area contributed by atoms with Crippen LogP contribution in [-0.4, -0.2) is 24.8 Å². The molecule has 0 fully saturated rings. The van der Waals surface area contributed by atoms with Crippen LogP contribution in [-0.2, 0) is 0 Å². The van der Waals surface area contributed by atoms with Crippen LogP contribution in [0.4, 0.5) is 5.69 Å². The van der Waals surface area contributed by atoms with E-state index in [-0.39, 0.29) is 5.41 Å². The largest absolute Gasteiger partial charge is 0.366 e. The minimum Gasteiger partial charge on any atom is -0.366 e. The van der Waals surface area contributed by atoms with Crippen molar-refractivity contribution in [3.05, 3.63) is 29.3 Å². The van der Waals surface area contributed by atoms with E-state index in [9.17, 15) is 0 Å². The third kappa shape index (κ3) is 5.61. The Bertz CT molecular complexity index is 510. The molecule has 0 atom stereocenters. The Labute approximate surface area is 117 Å². The topological polar surface area (TPSA) is 15.6 Å². The summed E-state index contributed by atoms with van der Waals surface area (Å²) >= 11 is 0. The molecule has 2 heteroatoms. The molecule has 1 rings (SSSR count). The highest BCUT2D eigenvalue weighted by Gasteiger charge is 2.03. The lowest BCUT2D eigenvalue weighted by atomic mass is 9.97. The zero-order valence-corrected chi connectivity index (χ0v) is 12.9. The molecule has 0 saturated heterocycles. The number of benzene rings is 1. The van der Waals surface area contributed by atoms with Crippen LogP contribution in [0.25, 0.3) is 0 Å². The summed E-state index contributed by atoms with van der Waals surface area (Å²) in [5.74, 6) is 6.46. The summed E-state index contributed by atoms with van der Waals surface area (Å²) in [6.07, 6.45) is 1.86. The molecule has 0 spiro atoms. The van der Waals surface area contributed by atoms with Crippen LogP contribution in [0.5, 0.6) is 0 Å². The highest BCUT2D eigenvalue weighted by Crippen LogP contribution is 2.19. The lowest BCUT2D eigenvalue weighted by Crippen LogP contribution is -2.14. The third-order valence-corrected chi connectivity index (χ3v) is 2.67. The zero-order valence-electron chi connectivity index (χ0n) is 12.9. The fourth-order valence-corrected chi connectivity index (χ4v) is 1.38. The molecular weight excluding hydrogens is 232 g/mol. The van der Waals surface area contributed by atoms with Crippen molar-refractivity contribution < 1.29 is 0 Å². The quantitative estimate of drug-likeness (QED) is 0.453. The van der Waals surface area contributed by atoms with Gasteiger partial charge in [-0.05, 0) is 58.4 Å². The average molecular weight is 256 g/mol. The van der Waals surface area contributed by atoms with Crippen LogP contribution in [0.3, 0.4) is 0 Å². The van der Waals surface area contributed by atoms with Crippen molar-refractivity contribution in [2.75, 3.05) is 13.6 Å². The van der Waals surface area contributed by atoms with Gasteiger partial charge in [0.25, 0.3) is 0 Å². The maximum atomic E-state index is 4.48. The highest BCUT2D eigenvalue weighted by molar-refractivity contribution is 5.63. The van der Waals surface area contributed by atoms with Crippen LogP contribution in [0, 0.1) is 24.2 Å². The summed E-state index contributed by atoms with van der Waals surface area (Å²) in [6, 6.07) is 6.16. The predicted octanol–water partition coefficient (Wildman–Crippen LogP) is 4.00. The standard InChI is InChI=1S/C17H24N2/c1-7-19(6)13-18-16-9-8-15(12-14(16)2)10-11-17(3,4)5/h8-9,12-13H,7H2,1-6H3/b18-13+. The van der Waals surface area contributed by atoms with Gasteiger partial charge in [0.15, 0.2) is 0 Å². The summed E-state index contributed by atoms with van der Waals surface area (Å²) in [7, 11) is 2.02. The Balaban J connectivity index is 2.91. The fraction of sp³-hybridized carbons (Fsp3) is 0.471. The van der Waals surface area contributed by atoms with E-state index in [2.05, 4.69) is 57.5 Å². The van der Waals surface area contributed by atoms with E-state index >= 15 is 0 Å². The van der Waals surface area contributed by atoms with E-state index in [4.69, 9.17) is 0 Å². The van der Waals surface area contributed by atoms with E-state index in [1.807, 2.05) is 30.4 Å². The van der Waals surface area contributed by atoms with Gasteiger partial charge in [-0.25, -0.2) is 4.99 Å². The molecule has 0 aromatic heterocycles. The van der Waals surface area contributed by atoms with Gasteiger partial charge in [-0.1, -0.05) is 11.8 Å². The van der Waals surface area contributed by atoms with Gasteiger partial charge in [-0.3, -0.25) is 0 Å². The number of hydrogen-bond acceptors (Lipinski definition) is 1. The minimum absolute atomic E-state index is 0.0363. The maximum absolute atomic E-state index is 4.48. The van der Waals surface area contributed by atoms with Crippen molar-refractivity contribution in [3.63, 3.8) is 0 Å². The second-order valence-corrected chi connectivity index (χ2v) is 5.82. The van der Waals surface area contributed by atoms with Gasteiger partial charge < -0.3 is 4.90 Å². The summed E-state index contributed by atoms with van der Waals surface area (Å²) in [5.41, 5.74) is 3.24. The zero-order chi connectivity index (χ0) is 14.5. The van der Waals surface area contributed by atoms with Crippen LogP contribution >= 0.6 is 0 Å². The van der Waals surface area contributed by atoms with Crippen molar-refractivity contribution in [3.8, 4) is 11.8 Å². The monoisotopic (exact) mass is 256 g/mol. The first-order valence-corrected chi connectivity index (χ1v) is 6.70. The van der Waals surface area contributed by atoms with Gasteiger partial charge in [-0.2, -0.15) is 0 Å². The van der Waals surface area contributed by atoms with Crippen LogP contribution < -0.4 is 0 Å². The molecule has 0 saturated carbocycles. The summed E-state index contributed by atoms with van der Waals surface area (Å²) < 4.78 is 0. The molecule has 0 heterocycles. The van der Waals surface area contributed by atoms with Crippen molar-refractivity contribution in [2.45, 2.75) is 34.6 Å². The molecule has 0 amide bonds. The van der Waals surface area contributed by atoms with E-state index in [1.54, 1.807) is 0 Å². The SMILES string of the molecule is CCN(C)/C=N/c1ccc(C#CC(C)(C)C)cc1C. The Morgan fingerprint density at radius 2 is 2.00 bits per heavy atom. The van der Waals surface area contributed by atoms with Gasteiger partial charge in [0.2, 0.25) is 0 Å². The Kier molecular flexibility index (Phi) is 5.18. The summed E-state index contributed by atoms with van der Waals surface area (Å²) in [5, 5.41) is 0. The predicted molar refractivity (Wildman–Crippen MR) is 84.0 cm³/mol. The first-order valence-electron chi connectivity index (χ1n) is 6.70. The normalized spacial score (nSPS) is 11.3. The molecule has 102 valence electrons.